The van der Waals surface area contributed by atoms with Gasteiger partial charge in [-0.15, -0.1) is 0 Å². The highest BCUT2D eigenvalue weighted by molar-refractivity contribution is 5.35. The fourth-order valence-corrected chi connectivity index (χ4v) is 2.38. The highest BCUT2D eigenvalue weighted by Gasteiger charge is 2.07. The van der Waals surface area contributed by atoms with Crippen molar-refractivity contribution in [3.05, 3.63) is 90.3 Å². The highest BCUT2D eigenvalue weighted by atomic mass is 15.1. The molecule has 0 amide bonds. The summed E-state index contributed by atoms with van der Waals surface area (Å²) in [6.07, 6.45) is 4.36. The van der Waals surface area contributed by atoms with Crippen molar-refractivity contribution in [3.8, 4) is 11.8 Å². The normalized spacial score (nSPS) is 11.2. The van der Waals surface area contributed by atoms with Gasteiger partial charge < -0.3 is 5.32 Å². The van der Waals surface area contributed by atoms with Crippen molar-refractivity contribution in [1.29, 1.82) is 0 Å². The molecule has 118 valence electrons. The Morgan fingerprint density at radius 3 is 2.21 bits per heavy atom. The Labute approximate surface area is 142 Å². The van der Waals surface area contributed by atoms with Gasteiger partial charge in [-0.1, -0.05) is 60.4 Å². The summed E-state index contributed by atoms with van der Waals surface area (Å²) in [5, 5.41) is 3.28. The van der Waals surface area contributed by atoms with Crippen LogP contribution in [-0.4, -0.2) is 16.5 Å². The second-order valence-electron chi connectivity index (χ2n) is 5.48. The molecule has 1 N–H and O–H groups in total. The van der Waals surface area contributed by atoms with E-state index in [-0.39, 0.29) is 5.92 Å². The first-order chi connectivity index (χ1) is 11.9. The standard InChI is InChI=1S/C21H19N3/c1-3-8-18(9-4-1)12-13-20(16-19-10-5-2-6-11-19)17-24-21-22-14-7-15-23-21/h1-11,14-15,20H,16-17H2,(H,22,23,24)/t20-/m1/s1. The summed E-state index contributed by atoms with van der Waals surface area (Å²) < 4.78 is 0. The number of aromatic nitrogens is 2. The molecule has 0 spiro atoms. The lowest BCUT2D eigenvalue weighted by molar-refractivity contribution is 0.701. The Bertz CT molecular complexity index is 790. The van der Waals surface area contributed by atoms with E-state index in [0.717, 1.165) is 12.0 Å². The first kappa shape index (κ1) is 15.8. The number of benzene rings is 2. The Hall–Kier alpha value is -3.12. The topological polar surface area (TPSA) is 37.8 Å². The molecule has 0 unspecified atom stereocenters. The van der Waals surface area contributed by atoms with Gasteiger partial charge in [0.1, 0.15) is 0 Å². The molecule has 0 aliphatic heterocycles. The average Bonchev–Trinajstić information content (AvgIpc) is 2.66. The first-order valence-electron chi connectivity index (χ1n) is 8.01. The third-order valence-corrected chi connectivity index (χ3v) is 3.59. The van der Waals surface area contributed by atoms with Crippen LogP contribution in [0, 0.1) is 17.8 Å². The maximum atomic E-state index is 4.21. The van der Waals surface area contributed by atoms with E-state index in [1.54, 1.807) is 12.4 Å². The third kappa shape index (κ3) is 4.96. The van der Waals surface area contributed by atoms with Crippen LogP contribution in [0.15, 0.2) is 79.1 Å². The van der Waals surface area contributed by atoms with Crippen molar-refractivity contribution in [2.24, 2.45) is 5.92 Å². The van der Waals surface area contributed by atoms with Crippen LogP contribution in [-0.2, 0) is 6.42 Å². The Balaban J connectivity index is 1.72. The molecule has 3 heteroatoms. The van der Waals surface area contributed by atoms with Crippen LogP contribution in [0.1, 0.15) is 11.1 Å². The molecular formula is C21H19N3. The van der Waals surface area contributed by atoms with Gasteiger partial charge in [-0.3, -0.25) is 0 Å². The molecule has 0 saturated carbocycles. The van der Waals surface area contributed by atoms with Crippen molar-refractivity contribution in [1.82, 2.24) is 9.97 Å². The third-order valence-electron chi connectivity index (χ3n) is 3.59. The van der Waals surface area contributed by atoms with Crippen molar-refractivity contribution in [2.45, 2.75) is 6.42 Å². The lowest BCUT2D eigenvalue weighted by Gasteiger charge is -2.12. The van der Waals surface area contributed by atoms with E-state index in [1.807, 2.05) is 42.5 Å². The molecule has 1 heterocycles. The van der Waals surface area contributed by atoms with Gasteiger partial charge in [-0.05, 0) is 30.2 Å². The predicted molar refractivity (Wildman–Crippen MR) is 97.5 cm³/mol. The zero-order valence-electron chi connectivity index (χ0n) is 13.4. The van der Waals surface area contributed by atoms with Gasteiger partial charge >= 0.3 is 0 Å². The van der Waals surface area contributed by atoms with Crippen molar-refractivity contribution < 1.29 is 0 Å². The molecule has 3 aromatic rings. The molecule has 0 aliphatic carbocycles. The van der Waals surface area contributed by atoms with Crippen LogP contribution < -0.4 is 5.32 Å². The maximum Gasteiger partial charge on any atom is 0.222 e. The lowest BCUT2D eigenvalue weighted by atomic mass is 9.99. The fraction of sp³-hybridized carbons (Fsp3) is 0.143. The molecule has 0 bridgehead atoms. The average molecular weight is 313 g/mol. The zero-order chi connectivity index (χ0) is 16.5. The van der Waals surface area contributed by atoms with Crippen LogP contribution in [0.25, 0.3) is 0 Å². The largest absolute Gasteiger partial charge is 0.353 e. The van der Waals surface area contributed by atoms with Crippen molar-refractivity contribution in [2.75, 3.05) is 11.9 Å². The summed E-state index contributed by atoms with van der Waals surface area (Å²) in [4.78, 5) is 8.41. The summed E-state index contributed by atoms with van der Waals surface area (Å²) in [7, 11) is 0. The summed E-state index contributed by atoms with van der Waals surface area (Å²) >= 11 is 0. The molecule has 1 atom stereocenters. The second-order valence-corrected chi connectivity index (χ2v) is 5.48. The van der Waals surface area contributed by atoms with E-state index in [0.29, 0.717) is 12.5 Å². The lowest BCUT2D eigenvalue weighted by Crippen LogP contribution is -2.16. The van der Waals surface area contributed by atoms with E-state index in [9.17, 15) is 0 Å². The van der Waals surface area contributed by atoms with Crippen LogP contribution in [0.3, 0.4) is 0 Å². The van der Waals surface area contributed by atoms with Gasteiger partial charge in [0.15, 0.2) is 0 Å². The van der Waals surface area contributed by atoms with E-state index in [4.69, 9.17) is 0 Å². The van der Waals surface area contributed by atoms with Crippen molar-refractivity contribution in [3.63, 3.8) is 0 Å². The van der Waals surface area contributed by atoms with Gasteiger partial charge in [0.25, 0.3) is 0 Å². The van der Waals surface area contributed by atoms with Crippen LogP contribution >= 0.6 is 0 Å². The minimum Gasteiger partial charge on any atom is -0.353 e. The molecule has 0 aliphatic rings. The van der Waals surface area contributed by atoms with Crippen LogP contribution in [0.4, 0.5) is 5.95 Å². The molecule has 3 rings (SSSR count). The Morgan fingerprint density at radius 2 is 1.50 bits per heavy atom. The van der Waals surface area contributed by atoms with E-state index < -0.39 is 0 Å². The zero-order valence-corrected chi connectivity index (χ0v) is 13.4. The Morgan fingerprint density at radius 1 is 0.833 bits per heavy atom. The van der Waals surface area contributed by atoms with Crippen molar-refractivity contribution >= 4 is 5.95 Å². The summed E-state index contributed by atoms with van der Waals surface area (Å²) in [5.41, 5.74) is 2.31. The molecule has 0 fully saturated rings. The number of anilines is 1. The number of hydrogen-bond donors (Lipinski definition) is 1. The summed E-state index contributed by atoms with van der Waals surface area (Å²) in [6, 6.07) is 22.3. The minimum absolute atomic E-state index is 0.177. The number of nitrogens with zero attached hydrogens (tertiary/aromatic N) is 2. The maximum absolute atomic E-state index is 4.21. The molecule has 24 heavy (non-hydrogen) atoms. The number of nitrogens with one attached hydrogen (secondary N) is 1. The Kier molecular flexibility index (Phi) is 5.58. The molecule has 0 radical (unpaired) electrons. The van der Waals surface area contributed by atoms with Gasteiger partial charge in [0.05, 0.1) is 0 Å². The van der Waals surface area contributed by atoms with Gasteiger partial charge in [0, 0.05) is 30.4 Å². The molecule has 0 saturated heterocycles. The van der Waals surface area contributed by atoms with E-state index in [2.05, 4.69) is 51.4 Å². The smallest absolute Gasteiger partial charge is 0.222 e. The predicted octanol–water partition coefficient (Wildman–Crippen LogP) is 3.80. The molecule has 1 aromatic heterocycles. The quantitative estimate of drug-likeness (QED) is 0.728. The van der Waals surface area contributed by atoms with Gasteiger partial charge in [0.2, 0.25) is 5.95 Å². The number of hydrogen-bond acceptors (Lipinski definition) is 3. The fourth-order valence-electron chi connectivity index (χ4n) is 2.38. The van der Waals surface area contributed by atoms with Gasteiger partial charge in [-0.25, -0.2) is 9.97 Å². The first-order valence-corrected chi connectivity index (χ1v) is 8.01. The molecule has 3 nitrogen and oxygen atoms in total. The van der Waals surface area contributed by atoms with E-state index >= 15 is 0 Å². The highest BCUT2D eigenvalue weighted by Crippen LogP contribution is 2.10. The van der Waals surface area contributed by atoms with E-state index in [1.165, 1.54) is 5.56 Å². The SMILES string of the molecule is C(#C[C@@H](CNc1ncccn1)Cc1ccccc1)c1ccccc1. The number of rotatable bonds is 5. The molecule has 2 aromatic carbocycles. The minimum atomic E-state index is 0.177. The summed E-state index contributed by atoms with van der Waals surface area (Å²) in [6.45, 7) is 0.707. The van der Waals surface area contributed by atoms with Crippen LogP contribution in [0.2, 0.25) is 0 Å². The van der Waals surface area contributed by atoms with Crippen LogP contribution in [0.5, 0.6) is 0 Å². The monoisotopic (exact) mass is 313 g/mol. The second kappa shape index (κ2) is 8.50. The van der Waals surface area contributed by atoms with Gasteiger partial charge in [-0.2, -0.15) is 0 Å². The molecular weight excluding hydrogens is 294 g/mol. The summed E-state index contributed by atoms with van der Waals surface area (Å²) in [5.74, 6) is 7.47.